The highest BCUT2D eigenvalue weighted by Crippen LogP contribution is 2.29. The Kier molecular flexibility index (Phi) is 14.4. The molecule has 5 rings (SSSR count). The molecule has 48 heavy (non-hydrogen) atoms. The highest BCUT2D eigenvalue weighted by molar-refractivity contribution is 14.1. The largest absolute Gasteiger partial charge is 0.395 e. The van der Waals surface area contributed by atoms with Crippen molar-refractivity contribution < 1.29 is 14.7 Å². The molecule has 11 heteroatoms. The summed E-state index contributed by atoms with van der Waals surface area (Å²) >= 11 is 12.9. The maximum atomic E-state index is 13.1. The SMILES string of the molecule is Cc1cc(I)ccc1Nc1ccc(Cl)cc1C(=O)N(C)c1ccccc1.Cc1cc(I)ccc1Nc1ccc(I)cc1C(=O)NCCO. The second-order valence-corrected chi connectivity index (χ2v) is 14.9. The van der Waals surface area contributed by atoms with Crippen molar-refractivity contribution >= 4 is 120 Å². The van der Waals surface area contributed by atoms with Crippen molar-refractivity contribution in [1.82, 2.24) is 5.32 Å². The lowest BCUT2D eigenvalue weighted by molar-refractivity contribution is 0.0944. The molecule has 0 saturated carbocycles. The number of hydrogen-bond acceptors (Lipinski definition) is 5. The molecular formula is C37H34ClI3N4O3. The van der Waals surface area contributed by atoms with Gasteiger partial charge in [0.15, 0.2) is 0 Å². The van der Waals surface area contributed by atoms with Crippen LogP contribution in [-0.4, -0.2) is 37.1 Å². The number of benzene rings is 5. The van der Waals surface area contributed by atoms with Gasteiger partial charge in [-0.25, -0.2) is 0 Å². The van der Waals surface area contributed by atoms with Gasteiger partial charge < -0.3 is 26.0 Å². The molecule has 7 nitrogen and oxygen atoms in total. The lowest BCUT2D eigenvalue weighted by Crippen LogP contribution is -2.27. The van der Waals surface area contributed by atoms with E-state index in [0.29, 0.717) is 16.1 Å². The van der Waals surface area contributed by atoms with Gasteiger partial charge in [-0.15, -0.1) is 0 Å². The number of nitrogens with zero attached hydrogens (tertiary/aromatic N) is 1. The lowest BCUT2D eigenvalue weighted by Gasteiger charge is -2.20. The molecule has 248 valence electrons. The average Bonchev–Trinajstić information content (AvgIpc) is 3.07. The van der Waals surface area contributed by atoms with Crippen LogP contribution in [0.4, 0.5) is 28.4 Å². The molecule has 0 atom stereocenters. The molecule has 0 aromatic heterocycles. The van der Waals surface area contributed by atoms with E-state index in [1.807, 2.05) is 92.7 Å². The highest BCUT2D eigenvalue weighted by atomic mass is 127. The fourth-order valence-corrected chi connectivity index (χ4v) is 6.61. The third-order valence-corrected chi connectivity index (χ3v) is 9.45. The van der Waals surface area contributed by atoms with Crippen LogP contribution in [-0.2, 0) is 0 Å². The van der Waals surface area contributed by atoms with Gasteiger partial charge in [0.1, 0.15) is 0 Å². The number of hydrogen-bond donors (Lipinski definition) is 4. The Morgan fingerprint density at radius 1 is 0.688 bits per heavy atom. The molecule has 0 aliphatic heterocycles. The number of rotatable bonds is 9. The molecule has 2 amide bonds. The van der Waals surface area contributed by atoms with Crippen molar-refractivity contribution in [2.24, 2.45) is 0 Å². The first kappa shape index (κ1) is 37.9. The molecule has 0 bridgehead atoms. The molecule has 0 fully saturated rings. The first-order valence-electron chi connectivity index (χ1n) is 14.8. The molecular weight excluding hydrogens is 965 g/mol. The van der Waals surface area contributed by atoms with Crippen LogP contribution >= 0.6 is 79.4 Å². The zero-order valence-electron chi connectivity index (χ0n) is 26.5. The van der Waals surface area contributed by atoms with Gasteiger partial charge in [0.25, 0.3) is 11.8 Å². The van der Waals surface area contributed by atoms with Gasteiger partial charge in [0.05, 0.1) is 29.1 Å². The third kappa shape index (κ3) is 10.5. The predicted octanol–water partition coefficient (Wildman–Crippen LogP) is 9.94. The monoisotopic (exact) mass is 998 g/mol. The Morgan fingerprint density at radius 2 is 1.19 bits per heavy atom. The van der Waals surface area contributed by atoms with E-state index in [9.17, 15) is 9.59 Å². The Bertz CT molecular complexity index is 1910. The van der Waals surface area contributed by atoms with Gasteiger partial charge >= 0.3 is 0 Å². The summed E-state index contributed by atoms with van der Waals surface area (Å²) in [6, 6.07) is 32.8. The minimum absolute atomic E-state index is 0.0747. The van der Waals surface area contributed by atoms with Gasteiger partial charge in [-0.3, -0.25) is 9.59 Å². The van der Waals surface area contributed by atoms with Gasteiger partial charge in [-0.05, 0) is 178 Å². The van der Waals surface area contributed by atoms with Crippen molar-refractivity contribution in [3.8, 4) is 0 Å². The summed E-state index contributed by atoms with van der Waals surface area (Å²) in [7, 11) is 1.76. The van der Waals surface area contributed by atoms with E-state index in [1.54, 1.807) is 24.1 Å². The number of carbonyl (C=O) groups excluding carboxylic acids is 2. The fourth-order valence-electron chi connectivity index (χ4n) is 4.65. The first-order valence-corrected chi connectivity index (χ1v) is 18.5. The van der Waals surface area contributed by atoms with Crippen molar-refractivity contribution in [3.63, 3.8) is 0 Å². The first-order chi connectivity index (χ1) is 23.0. The Labute approximate surface area is 327 Å². The van der Waals surface area contributed by atoms with Crippen LogP contribution < -0.4 is 20.9 Å². The number of carbonyl (C=O) groups is 2. The summed E-state index contributed by atoms with van der Waals surface area (Å²) in [5.41, 5.74) is 7.57. The van der Waals surface area contributed by atoms with Gasteiger partial charge in [0.2, 0.25) is 0 Å². The van der Waals surface area contributed by atoms with E-state index in [2.05, 4.69) is 95.9 Å². The predicted molar refractivity (Wildman–Crippen MR) is 224 cm³/mol. The summed E-state index contributed by atoms with van der Waals surface area (Å²) in [4.78, 5) is 26.9. The van der Waals surface area contributed by atoms with E-state index < -0.39 is 0 Å². The smallest absolute Gasteiger partial charge is 0.260 e. The number of para-hydroxylation sites is 1. The molecule has 0 heterocycles. The quantitative estimate of drug-likeness (QED) is 0.111. The number of nitrogens with one attached hydrogen (secondary N) is 3. The van der Waals surface area contributed by atoms with Crippen LogP contribution in [0.15, 0.2) is 103 Å². The van der Waals surface area contributed by atoms with E-state index in [4.69, 9.17) is 16.7 Å². The lowest BCUT2D eigenvalue weighted by atomic mass is 10.1. The van der Waals surface area contributed by atoms with E-state index in [0.717, 1.165) is 43.1 Å². The zero-order valence-corrected chi connectivity index (χ0v) is 33.7. The standard InChI is InChI=1S/C21H18ClIN2O.C16H16I2N2O2/c1-14-12-16(23)9-11-19(14)24-20-10-8-15(22)13-18(20)21(26)25(2)17-6-4-3-5-7-17;1-10-8-11(17)2-4-14(10)20-15-5-3-12(18)9-13(15)16(22)19-6-7-21/h3-13,24H,1-2H3;2-5,8-9,20-21H,6-7H2,1H3,(H,19,22). The maximum absolute atomic E-state index is 13.1. The van der Waals surface area contributed by atoms with Gasteiger partial charge in [-0.2, -0.15) is 0 Å². The summed E-state index contributed by atoms with van der Waals surface area (Å²) in [5, 5.41) is 18.8. The summed E-state index contributed by atoms with van der Waals surface area (Å²) in [6.45, 7) is 4.24. The van der Waals surface area contributed by atoms with Crippen LogP contribution in [0.5, 0.6) is 0 Å². The van der Waals surface area contributed by atoms with Crippen LogP contribution in [0.2, 0.25) is 5.02 Å². The van der Waals surface area contributed by atoms with E-state index in [1.165, 1.54) is 7.14 Å². The molecule has 0 radical (unpaired) electrons. The third-order valence-electron chi connectivity index (χ3n) is 7.20. The number of anilines is 5. The molecule has 0 unspecified atom stereocenters. The summed E-state index contributed by atoms with van der Waals surface area (Å²) in [5.74, 6) is -0.317. The minimum atomic E-state index is -0.196. The van der Waals surface area contributed by atoms with Gasteiger partial charge in [0, 0.05) is 46.4 Å². The van der Waals surface area contributed by atoms with Crippen molar-refractivity contribution in [2.75, 3.05) is 35.7 Å². The molecule has 0 aliphatic carbocycles. The van der Waals surface area contributed by atoms with Crippen LogP contribution in [0, 0.1) is 24.6 Å². The number of aliphatic hydroxyl groups is 1. The van der Waals surface area contributed by atoms with Crippen molar-refractivity contribution in [3.05, 3.63) is 141 Å². The van der Waals surface area contributed by atoms with Gasteiger partial charge in [-0.1, -0.05) is 29.8 Å². The van der Waals surface area contributed by atoms with Crippen molar-refractivity contribution in [1.29, 1.82) is 0 Å². The van der Waals surface area contributed by atoms with E-state index >= 15 is 0 Å². The Morgan fingerprint density at radius 3 is 1.73 bits per heavy atom. The van der Waals surface area contributed by atoms with Crippen LogP contribution in [0.1, 0.15) is 31.8 Å². The summed E-state index contributed by atoms with van der Waals surface area (Å²) < 4.78 is 3.32. The number of aryl methyl sites for hydroxylation is 2. The topological polar surface area (TPSA) is 93.7 Å². The second kappa shape index (κ2) is 18.2. The fraction of sp³-hybridized carbons (Fsp3) is 0.135. The zero-order chi connectivity index (χ0) is 34.8. The maximum Gasteiger partial charge on any atom is 0.260 e. The van der Waals surface area contributed by atoms with Crippen molar-refractivity contribution in [2.45, 2.75) is 13.8 Å². The molecule has 0 spiro atoms. The molecule has 4 N–H and O–H groups in total. The Hall–Kier alpha value is -2.92. The number of halogens is 4. The summed E-state index contributed by atoms with van der Waals surface area (Å²) in [6.07, 6.45) is 0. The second-order valence-electron chi connectivity index (χ2n) is 10.7. The normalized spacial score (nSPS) is 10.4. The Balaban J connectivity index is 0.000000220. The average molecular weight is 999 g/mol. The highest BCUT2D eigenvalue weighted by Gasteiger charge is 2.18. The number of aliphatic hydroxyl groups excluding tert-OH is 1. The molecule has 0 aliphatic rings. The number of amides is 2. The van der Waals surface area contributed by atoms with E-state index in [-0.39, 0.29) is 25.0 Å². The van der Waals surface area contributed by atoms with Crippen LogP contribution in [0.3, 0.4) is 0 Å². The minimum Gasteiger partial charge on any atom is -0.395 e. The molecule has 5 aromatic carbocycles. The molecule has 0 saturated heterocycles. The van der Waals surface area contributed by atoms with Crippen LogP contribution in [0.25, 0.3) is 0 Å². The molecule has 5 aromatic rings.